The van der Waals surface area contributed by atoms with Crippen molar-refractivity contribution in [1.29, 1.82) is 0 Å². The molecule has 1 unspecified atom stereocenters. The predicted molar refractivity (Wildman–Crippen MR) is 55.5 cm³/mol. The highest BCUT2D eigenvalue weighted by Crippen LogP contribution is 2.20. The lowest BCUT2D eigenvalue weighted by Gasteiger charge is -2.21. The van der Waals surface area contributed by atoms with Crippen LogP contribution in [-0.2, 0) is 10.1 Å². The predicted octanol–water partition coefficient (Wildman–Crippen LogP) is 1.09. The van der Waals surface area contributed by atoms with Crippen molar-refractivity contribution in [3.63, 3.8) is 0 Å². The van der Waals surface area contributed by atoms with Gasteiger partial charge in [0.15, 0.2) is 0 Å². The number of nitrogens with one attached hydrogen (secondary N) is 1. The summed E-state index contributed by atoms with van der Waals surface area (Å²) in [7, 11) is -4.04. The molecule has 0 radical (unpaired) electrons. The number of rotatable bonds is 3. The highest BCUT2D eigenvalue weighted by atomic mass is 32.2. The summed E-state index contributed by atoms with van der Waals surface area (Å²) < 4.78 is 30.5. The molecule has 0 saturated carbocycles. The molecule has 0 fully saturated rings. The number of likely N-dealkylation sites (N-methyl/N-ethyl adjacent to an activating group) is 1. The molecule has 0 spiro atoms. The molecule has 0 saturated heterocycles. The molecule has 0 aliphatic heterocycles. The van der Waals surface area contributed by atoms with Gasteiger partial charge in [0.1, 0.15) is 0 Å². The molecular formula is C9H15NO3S. The first-order chi connectivity index (χ1) is 6.45. The van der Waals surface area contributed by atoms with Gasteiger partial charge in [-0.25, -0.2) is 0 Å². The molecule has 0 aromatic rings. The van der Waals surface area contributed by atoms with E-state index in [4.69, 9.17) is 4.55 Å². The van der Waals surface area contributed by atoms with Gasteiger partial charge >= 0.3 is 0 Å². The molecule has 2 N–H and O–H groups in total. The van der Waals surface area contributed by atoms with E-state index >= 15 is 0 Å². The largest absolute Gasteiger partial charge is 0.310 e. The van der Waals surface area contributed by atoms with Crippen LogP contribution in [0.1, 0.15) is 20.3 Å². The highest BCUT2D eigenvalue weighted by Gasteiger charge is 2.19. The summed E-state index contributed by atoms with van der Waals surface area (Å²) in [5.41, 5.74) is 0.932. The lowest BCUT2D eigenvalue weighted by Crippen LogP contribution is -2.31. The first-order valence-electron chi connectivity index (χ1n) is 4.54. The van der Waals surface area contributed by atoms with Gasteiger partial charge in [-0.3, -0.25) is 4.55 Å². The third-order valence-corrected chi connectivity index (χ3v) is 3.10. The van der Waals surface area contributed by atoms with E-state index in [0.29, 0.717) is 6.42 Å². The first kappa shape index (κ1) is 11.4. The zero-order chi connectivity index (χ0) is 10.8. The number of allylic oxidation sites excluding steroid dienone is 1. The fourth-order valence-corrected chi connectivity index (χ4v) is 2.12. The van der Waals surface area contributed by atoms with Gasteiger partial charge in [0.25, 0.3) is 10.1 Å². The summed E-state index contributed by atoms with van der Waals surface area (Å²) in [5, 5.41) is 3.22. The van der Waals surface area contributed by atoms with Crippen LogP contribution in [0, 0.1) is 0 Å². The Morgan fingerprint density at radius 1 is 1.64 bits per heavy atom. The van der Waals surface area contributed by atoms with Gasteiger partial charge in [0, 0.05) is 6.04 Å². The second kappa shape index (κ2) is 4.25. The topological polar surface area (TPSA) is 66.4 Å². The fourth-order valence-electron chi connectivity index (χ4n) is 1.47. The minimum atomic E-state index is -4.04. The second-order valence-corrected chi connectivity index (χ2v) is 4.74. The minimum absolute atomic E-state index is 0.00385. The molecule has 80 valence electrons. The molecule has 0 aromatic heterocycles. The Bertz CT molecular complexity index is 368. The summed E-state index contributed by atoms with van der Waals surface area (Å²) in [6.45, 7) is 4.69. The van der Waals surface area contributed by atoms with Crippen molar-refractivity contribution < 1.29 is 13.0 Å². The van der Waals surface area contributed by atoms with Crippen molar-refractivity contribution >= 4 is 10.1 Å². The number of hydrogen-bond donors (Lipinski definition) is 2. The minimum Gasteiger partial charge on any atom is -0.310 e. The van der Waals surface area contributed by atoms with Crippen molar-refractivity contribution in [2.75, 3.05) is 6.54 Å². The van der Waals surface area contributed by atoms with Gasteiger partial charge in [-0.2, -0.15) is 8.42 Å². The van der Waals surface area contributed by atoms with Crippen molar-refractivity contribution in [2.45, 2.75) is 26.3 Å². The molecule has 1 rings (SSSR count). The van der Waals surface area contributed by atoms with Crippen LogP contribution in [0.5, 0.6) is 0 Å². The molecule has 0 aromatic carbocycles. The van der Waals surface area contributed by atoms with Gasteiger partial charge < -0.3 is 5.32 Å². The van der Waals surface area contributed by atoms with Crippen LogP contribution in [-0.4, -0.2) is 25.6 Å². The molecule has 1 atom stereocenters. The van der Waals surface area contributed by atoms with Crippen molar-refractivity contribution in [2.24, 2.45) is 0 Å². The molecular weight excluding hydrogens is 202 g/mol. The van der Waals surface area contributed by atoms with Crippen LogP contribution in [0.4, 0.5) is 0 Å². The Kier molecular flexibility index (Phi) is 3.47. The van der Waals surface area contributed by atoms with E-state index in [1.807, 2.05) is 13.8 Å². The molecule has 14 heavy (non-hydrogen) atoms. The van der Waals surface area contributed by atoms with E-state index in [-0.39, 0.29) is 10.9 Å². The Labute approximate surface area is 84.5 Å². The Balaban J connectivity index is 2.84. The van der Waals surface area contributed by atoms with Gasteiger partial charge in [-0.15, -0.1) is 0 Å². The molecule has 0 bridgehead atoms. The lowest BCUT2D eigenvalue weighted by molar-refractivity contribution is 0.490. The Morgan fingerprint density at radius 2 is 2.29 bits per heavy atom. The summed E-state index contributed by atoms with van der Waals surface area (Å²) in [5.74, 6) is 0. The van der Waals surface area contributed by atoms with E-state index in [0.717, 1.165) is 12.1 Å². The normalized spacial score (nSPS) is 22.9. The summed E-state index contributed by atoms with van der Waals surface area (Å²) in [4.78, 5) is 0.00385. The monoisotopic (exact) mass is 217 g/mol. The maximum Gasteiger partial charge on any atom is 0.294 e. The SMILES string of the molecule is CCNC1CC=C(S(=O)(=O)O)C=C1C. The van der Waals surface area contributed by atoms with Crippen LogP contribution in [0.15, 0.2) is 22.6 Å². The van der Waals surface area contributed by atoms with E-state index in [2.05, 4.69) is 5.32 Å². The summed E-state index contributed by atoms with van der Waals surface area (Å²) in [6, 6.07) is 0.186. The van der Waals surface area contributed by atoms with Crippen LogP contribution in [0.2, 0.25) is 0 Å². The van der Waals surface area contributed by atoms with Gasteiger partial charge in [0.2, 0.25) is 0 Å². The zero-order valence-corrected chi connectivity index (χ0v) is 9.13. The standard InChI is InChI=1S/C9H15NO3S/c1-3-10-9-5-4-8(6-7(9)2)14(11,12)13/h4,6,9-10H,3,5H2,1-2H3,(H,11,12,13). The quantitative estimate of drug-likeness (QED) is 0.694. The van der Waals surface area contributed by atoms with Gasteiger partial charge in [0.05, 0.1) is 4.91 Å². The molecule has 1 aliphatic carbocycles. The van der Waals surface area contributed by atoms with Crippen LogP contribution in [0.25, 0.3) is 0 Å². The molecule has 5 heteroatoms. The highest BCUT2D eigenvalue weighted by molar-refractivity contribution is 7.90. The molecule has 0 amide bonds. The van der Waals surface area contributed by atoms with E-state index in [1.54, 1.807) is 0 Å². The van der Waals surface area contributed by atoms with E-state index in [9.17, 15) is 8.42 Å². The summed E-state index contributed by atoms with van der Waals surface area (Å²) in [6.07, 6.45) is 3.65. The van der Waals surface area contributed by atoms with Crippen LogP contribution >= 0.6 is 0 Å². The maximum atomic E-state index is 10.8. The number of hydrogen-bond acceptors (Lipinski definition) is 3. The lowest BCUT2D eigenvalue weighted by atomic mass is 10.0. The molecule has 0 heterocycles. The first-order valence-corrected chi connectivity index (χ1v) is 5.98. The maximum absolute atomic E-state index is 10.8. The zero-order valence-electron chi connectivity index (χ0n) is 8.32. The third kappa shape index (κ3) is 2.67. The van der Waals surface area contributed by atoms with Gasteiger partial charge in [-0.1, -0.05) is 18.6 Å². The second-order valence-electron chi connectivity index (χ2n) is 3.32. The summed E-state index contributed by atoms with van der Waals surface area (Å²) >= 11 is 0. The van der Waals surface area contributed by atoms with Crippen LogP contribution in [0.3, 0.4) is 0 Å². The average Bonchev–Trinajstić information content (AvgIpc) is 2.07. The smallest absolute Gasteiger partial charge is 0.294 e. The van der Waals surface area contributed by atoms with Gasteiger partial charge in [-0.05, 0) is 26.0 Å². The Hall–Kier alpha value is -0.650. The molecule has 1 aliphatic rings. The Morgan fingerprint density at radius 3 is 2.71 bits per heavy atom. The van der Waals surface area contributed by atoms with E-state index < -0.39 is 10.1 Å². The van der Waals surface area contributed by atoms with E-state index in [1.165, 1.54) is 12.2 Å². The molecule has 4 nitrogen and oxygen atoms in total. The van der Waals surface area contributed by atoms with Crippen molar-refractivity contribution in [3.8, 4) is 0 Å². The van der Waals surface area contributed by atoms with Crippen molar-refractivity contribution in [3.05, 3.63) is 22.6 Å². The average molecular weight is 217 g/mol. The van der Waals surface area contributed by atoms with Crippen molar-refractivity contribution in [1.82, 2.24) is 5.32 Å². The van der Waals surface area contributed by atoms with Crippen LogP contribution < -0.4 is 5.32 Å². The third-order valence-electron chi connectivity index (χ3n) is 2.22. The fraction of sp³-hybridized carbons (Fsp3) is 0.556.